The molecule has 220 valence electrons. The first kappa shape index (κ1) is 30.5. The first-order valence-corrected chi connectivity index (χ1v) is 13.3. The van der Waals surface area contributed by atoms with Crippen molar-refractivity contribution in [2.24, 2.45) is 0 Å². The van der Waals surface area contributed by atoms with Crippen molar-refractivity contribution in [1.29, 1.82) is 0 Å². The average Bonchev–Trinajstić information content (AvgIpc) is 3.07. The van der Waals surface area contributed by atoms with Crippen LogP contribution in [0, 0.1) is 13.5 Å². The number of nitrogens with zero attached hydrogens (tertiary/aromatic N) is 5. The van der Waals surface area contributed by atoms with Gasteiger partial charge < -0.3 is 19.1 Å². The molecule has 0 N–H and O–H groups in total. The Balaban J connectivity index is 1.67. The number of fused-ring (bicyclic) bond motifs is 1. The molecule has 0 radical (unpaired) electrons. The third-order valence-corrected chi connectivity index (χ3v) is 6.64. The number of hydrogen-bond acceptors (Lipinski definition) is 8. The van der Waals surface area contributed by atoms with Crippen LogP contribution in [0.1, 0.15) is 52.4 Å². The maximum Gasteiger partial charge on any atom is 0.508 e. The molecule has 0 unspecified atom stereocenters. The number of rotatable bonds is 7. The molecule has 1 aliphatic heterocycles. The van der Waals surface area contributed by atoms with Crippen molar-refractivity contribution in [2.75, 3.05) is 23.0 Å². The van der Waals surface area contributed by atoms with Crippen LogP contribution < -0.4 is 14.5 Å². The molecule has 2 aromatic carbocycles. The number of amides is 1. The van der Waals surface area contributed by atoms with E-state index in [1.54, 1.807) is 76.8 Å². The molecule has 1 amide bonds. The molecule has 4 rings (SSSR count). The lowest BCUT2D eigenvalue weighted by Crippen LogP contribution is -2.44. The largest absolute Gasteiger partial charge is 0.508 e. The van der Waals surface area contributed by atoms with Gasteiger partial charge in [-0.1, -0.05) is 6.07 Å². The van der Waals surface area contributed by atoms with E-state index in [9.17, 15) is 18.4 Å². The quantitative estimate of drug-likeness (QED) is 0.128. The summed E-state index contributed by atoms with van der Waals surface area (Å²) in [6, 6.07) is 9.76. The van der Waals surface area contributed by atoms with Crippen molar-refractivity contribution in [3.8, 4) is 5.88 Å². The highest BCUT2D eigenvalue weighted by molar-refractivity contribution is 7.81. The van der Waals surface area contributed by atoms with E-state index in [0.29, 0.717) is 22.6 Å². The Kier molecular flexibility index (Phi) is 8.31. The van der Waals surface area contributed by atoms with Crippen molar-refractivity contribution < 1.29 is 32.6 Å². The van der Waals surface area contributed by atoms with E-state index in [0.717, 1.165) is 0 Å². The fourth-order valence-corrected chi connectivity index (χ4v) is 4.88. The molecule has 1 saturated heterocycles. The average molecular weight is 598 g/mol. The molecule has 2 heterocycles. The Labute approximate surface area is 247 Å². The Morgan fingerprint density at radius 3 is 2.43 bits per heavy atom. The molecule has 0 saturated carbocycles. The minimum absolute atomic E-state index is 0.151. The molecule has 3 aromatic rings. The molecular formula is C29H29F2N5O5S. The van der Waals surface area contributed by atoms with Gasteiger partial charge in [0.2, 0.25) is 5.88 Å². The number of carbonyl (C=O) groups excluding carboxylic acids is 2. The lowest BCUT2D eigenvalue weighted by atomic mass is 10.0. The predicted octanol–water partition coefficient (Wildman–Crippen LogP) is 6.67. The first-order chi connectivity index (χ1) is 19.6. The Morgan fingerprint density at radius 2 is 1.81 bits per heavy atom. The van der Waals surface area contributed by atoms with Gasteiger partial charge in [-0.25, -0.2) is 23.4 Å². The SMILES string of the molecule is [C-]#[N+]c1ccc(N2C(=O)C(C)(C)N(c3ccc4nc(C(F)F)nc(OCCOC(=O)OC(C)(C)C)c4c3)C2=S)cc1C. The van der Waals surface area contributed by atoms with Crippen molar-refractivity contribution in [3.05, 3.63) is 59.2 Å². The zero-order chi connectivity index (χ0) is 31.0. The Hall–Kier alpha value is -4.44. The number of alkyl halides is 2. The summed E-state index contributed by atoms with van der Waals surface area (Å²) in [6.07, 6.45) is -3.85. The van der Waals surface area contributed by atoms with Gasteiger partial charge in [0.1, 0.15) is 24.4 Å². The van der Waals surface area contributed by atoms with E-state index in [2.05, 4.69) is 14.8 Å². The topological polar surface area (TPSA) is 98.5 Å². The summed E-state index contributed by atoms with van der Waals surface area (Å²) in [5.74, 6) is -1.17. The number of benzene rings is 2. The molecule has 1 fully saturated rings. The maximum atomic E-state index is 13.6. The third-order valence-electron chi connectivity index (χ3n) is 6.27. The molecule has 0 atom stereocenters. The van der Waals surface area contributed by atoms with Crippen LogP contribution >= 0.6 is 12.2 Å². The molecular weight excluding hydrogens is 568 g/mol. The summed E-state index contributed by atoms with van der Waals surface area (Å²) >= 11 is 5.76. The molecule has 1 aromatic heterocycles. The van der Waals surface area contributed by atoms with Gasteiger partial charge in [-0.2, -0.15) is 4.98 Å². The van der Waals surface area contributed by atoms with E-state index in [1.807, 2.05) is 0 Å². The number of aryl methyl sites for hydroxylation is 1. The second-order valence-electron chi connectivity index (χ2n) is 11.0. The van der Waals surface area contributed by atoms with E-state index in [1.165, 1.54) is 11.0 Å². The highest BCUT2D eigenvalue weighted by Gasteiger charge is 2.50. The summed E-state index contributed by atoms with van der Waals surface area (Å²) in [7, 11) is 0. The number of aromatic nitrogens is 2. The standard InChI is InChI=1S/C29H29F2N5O5S/c1-16-14-17(8-10-20(16)32-7)35-25(37)29(5,6)36(26(35)42)18-9-11-21-19(15-18)24(34-23(33-21)22(30)31)39-12-13-40-27(38)41-28(2,3)4/h8-11,14-15,22H,12-13H2,1-6H3. The van der Waals surface area contributed by atoms with Gasteiger partial charge in [0.25, 0.3) is 12.3 Å². The predicted molar refractivity (Wildman–Crippen MR) is 156 cm³/mol. The van der Waals surface area contributed by atoms with Crippen LogP contribution in [-0.2, 0) is 14.3 Å². The molecule has 0 aliphatic carbocycles. The number of carbonyl (C=O) groups is 2. The molecule has 0 spiro atoms. The second-order valence-corrected chi connectivity index (χ2v) is 11.3. The van der Waals surface area contributed by atoms with Gasteiger partial charge in [-0.05, 0) is 89.7 Å². The maximum absolute atomic E-state index is 13.6. The summed E-state index contributed by atoms with van der Waals surface area (Å²) in [6.45, 7) is 17.2. The first-order valence-electron chi connectivity index (χ1n) is 12.9. The lowest BCUT2D eigenvalue weighted by molar-refractivity contribution is -0.120. The van der Waals surface area contributed by atoms with E-state index >= 15 is 0 Å². The van der Waals surface area contributed by atoms with E-state index < -0.39 is 29.5 Å². The molecule has 42 heavy (non-hydrogen) atoms. The Bertz CT molecular complexity index is 1620. The summed E-state index contributed by atoms with van der Waals surface area (Å²) in [4.78, 5) is 39.8. The van der Waals surface area contributed by atoms with Crippen molar-refractivity contribution in [2.45, 2.75) is 59.1 Å². The fourth-order valence-electron chi connectivity index (χ4n) is 4.36. The van der Waals surface area contributed by atoms with Crippen LogP contribution in [0.4, 0.5) is 30.6 Å². The normalized spacial score (nSPS) is 14.9. The number of hydrogen-bond donors (Lipinski definition) is 0. The number of ether oxygens (including phenoxy) is 3. The summed E-state index contributed by atoms with van der Waals surface area (Å²) in [5.41, 5.74) is 0.478. The fraction of sp³-hybridized carbons (Fsp3) is 0.379. The minimum Gasteiger partial charge on any atom is -0.474 e. The van der Waals surface area contributed by atoms with Crippen LogP contribution in [-0.4, -0.2) is 51.5 Å². The van der Waals surface area contributed by atoms with Crippen LogP contribution in [0.2, 0.25) is 0 Å². The highest BCUT2D eigenvalue weighted by Crippen LogP contribution is 2.39. The molecule has 1 aliphatic rings. The Morgan fingerprint density at radius 1 is 1.12 bits per heavy atom. The van der Waals surface area contributed by atoms with E-state index in [-0.39, 0.29) is 41.0 Å². The van der Waals surface area contributed by atoms with Gasteiger partial charge in [-0.15, -0.1) is 0 Å². The van der Waals surface area contributed by atoms with Crippen molar-refractivity contribution in [3.63, 3.8) is 0 Å². The van der Waals surface area contributed by atoms with Crippen molar-refractivity contribution >= 4 is 57.4 Å². The smallest absolute Gasteiger partial charge is 0.474 e. The lowest BCUT2D eigenvalue weighted by Gasteiger charge is -2.29. The zero-order valence-corrected chi connectivity index (χ0v) is 24.7. The van der Waals surface area contributed by atoms with Crippen LogP contribution in [0.5, 0.6) is 5.88 Å². The second kappa shape index (κ2) is 11.4. The van der Waals surface area contributed by atoms with E-state index in [4.69, 9.17) is 33.0 Å². The molecule has 0 bridgehead atoms. The molecule has 13 heteroatoms. The zero-order valence-electron chi connectivity index (χ0n) is 23.9. The van der Waals surface area contributed by atoms with Gasteiger partial charge >= 0.3 is 6.16 Å². The number of anilines is 2. The third kappa shape index (κ3) is 6.08. The number of halogens is 2. The monoisotopic (exact) mass is 597 g/mol. The summed E-state index contributed by atoms with van der Waals surface area (Å²) in [5, 5.41) is 0.480. The summed E-state index contributed by atoms with van der Waals surface area (Å²) < 4.78 is 42.9. The van der Waals surface area contributed by atoms with Crippen molar-refractivity contribution in [1.82, 2.24) is 9.97 Å². The van der Waals surface area contributed by atoms with Gasteiger partial charge in [0, 0.05) is 11.4 Å². The van der Waals surface area contributed by atoms with Crippen LogP contribution in [0.25, 0.3) is 15.7 Å². The highest BCUT2D eigenvalue weighted by atomic mass is 32.1. The van der Waals surface area contributed by atoms with Crippen LogP contribution in [0.3, 0.4) is 0 Å². The molecule has 10 nitrogen and oxygen atoms in total. The van der Waals surface area contributed by atoms with Gasteiger partial charge in [-0.3, -0.25) is 9.69 Å². The number of thiocarbonyl (C=S) groups is 1. The van der Waals surface area contributed by atoms with Crippen LogP contribution in [0.15, 0.2) is 36.4 Å². The van der Waals surface area contributed by atoms with Gasteiger partial charge in [0.05, 0.1) is 17.5 Å². The minimum atomic E-state index is -2.96. The van der Waals surface area contributed by atoms with Gasteiger partial charge in [0.15, 0.2) is 16.6 Å².